The summed E-state index contributed by atoms with van der Waals surface area (Å²) in [5, 5.41) is 21.2. The first-order valence-electron chi connectivity index (χ1n) is 8.71. The van der Waals surface area contributed by atoms with Gasteiger partial charge in [-0.05, 0) is 53.9 Å². The van der Waals surface area contributed by atoms with E-state index >= 15 is 0 Å². The van der Waals surface area contributed by atoms with E-state index in [1.54, 1.807) is 12.4 Å². The van der Waals surface area contributed by atoms with Crippen molar-refractivity contribution in [1.29, 1.82) is 5.26 Å². The molecule has 0 atom stereocenters. The van der Waals surface area contributed by atoms with Gasteiger partial charge in [-0.15, -0.1) is 10.2 Å². The van der Waals surface area contributed by atoms with Crippen LogP contribution in [-0.4, -0.2) is 20.2 Å². The molecule has 0 fully saturated rings. The minimum absolute atomic E-state index is 0.332. The summed E-state index contributed by atoms with van der Waals surface area (Å²) in [5.41, 5.74) is 11.4. The van der Waals surface area contributed by atoms with Gasteiger partial charge in [-0.2, -0.15) is 5.26 Å². The van der Waals surface area contributed by atoms with E-state index in [2.05, 4.69) is 31.6 Å². The van der Waals surface area contributed by atoms with Gasteiger partial charge in [-0.3, -0.25) is 4.98 Å². The average molecular weight is 367 g/mol. The number of hydrogen-bond acceptors (Lipinski definition) is 7. The number of aryl methyl sites for hydroxylation is 1. The monoisotopic (exact) mass is 367 g/mol. The fraction of sp³-hybridized carbons (Fsp3) is 0.0952. The predicted octanol–water partition coefficient (Wildman–Crippen LogP) is 3.79. The molecule has 0 saturated heterocycles. The molecule has 0 saturated carbocycles. The molecule has 1 aromatic carbocycles. The maximum absolute atomic E-state index is 8.74. The summed E-state index contributed by atoms with van der Waals surface area (Å²) in [7, 11) is 0. The number of hydrogen-bond donors (Lipinski definition) is 2. The van der Waals surface area contributed by atoms with Gasteiger partial charge in [0.15, 0.2) is 5.82 Å². The van der Waals surface area contributed by atoms with Crippen LogP contribution in [0.25, 0.3) is 22.0 Å². The molecule has 136 valence electrons. The molecule has 0 radical (unpaired) electrons. The van der Waals surface area contributed by atoms with Crippen molar-refractivity contribution in [3.63, 3.8) is 0 Å². The second kappa shape index (κ2) is 7.29. The molecule has 0 amide bonds. The molecule has 3 heterocycles. The van der Waals surface area contributed by atoms with Gasteiger partial charge in [0.25, 0.3) is 0 Å². The predicted molar refractivity (Wildman–Crippen MR) is 109 cm³/mol. The van der Waals surface area contributed by atoms with E-state index in [0.29, 0.717) is 29.3 Å². The Kier molecular flexibility index (Phi) is 4.52. The van der Waals surface area contributed by atoms with Crippen LogP contribution in [0.1, 0.15) is 11.1 Å². The van der Waals surface area contributed by atoms with Crippen LogP contribution < -0.4 is 11.1 Å². The fourth-order valence-electron chi connectivity index (χ4n) is 2.99. The largest absolute Gasteiger partial charge is 0.397 e. The number of aromatic nitrogens is 4. The number of nitrogens with two attached hydrogens (primary N) is 1. The number of nitriles is 1. The summed E-state index contributed by atoms with van der Waals surface area (Å²) in [6.07, 6.45) is 5.60. The van der Waals surface area contributed by atoms with Crippen LogP contribution >= 0.6 is 0 Å². The molecule has 0 spiro atoms. The molecule has 3 aromatic heterocycles. The van der Waals surface area contributed by atoms with Gasteiger partial charge in [0.1, 0.15) is 11.3 Å². The molecule has 0 aliphatic rings. The van der Waals surface area contributed by atoms with E-state index in [-0.39, 0.29) is 0 Å². The summed E-state index contributed by atoms with van der Waals surface area (Å²) in [5.74, 6) is 1.19. The second-order valence-corrected chi connectivity index (χ2v) is 6.44. The zero-order valence-corrected chi connectivity index (χ0v) is 15.2. The Labute approximate surface area is 161 Å². The molecule has 0 aliphatic heterocycles. The number of nitrogens with one attached hydrogen (secondary N) is 1. The number of pyridine rings is 2. The molecule has 28 heavy (non-hydrogen) atoms. The fourth-order valence-corrected chi connectivity index (χ4v) is 2.99. The molecular formula is C21H17N7. The van der Waals surface area contributed by atoms with Gasteiger partial charge in [0, 0.05) is 29.5 Å². The molecular weight excluding hydrogens is 350 g/mol. The number of anilines is 3. The topological polar surface area (TPSA) is 113 Å². The zero-order valence-electron chi connectivity index (χ0n) is 15.2. The van der Waals surface area contributed by atoms with Gasteiger partial charge in [-0.1, -0.05) is 6.07 Å². The Morgan fingerprint density at radius 1 is 1.07 bits per heavy atom. The minimum Gasteiger partial charge on any atom is -0.397 e. The zero-order chi connectivity index (χ0) is 19.5. The highest BCUT2D eigenvalue weighted by Gasteiger charge is 2.09. The van der Waals surface area contributed by atoms with Crippen molar-refractivity contribution in [3.05, 3.63) is 66.1 Å². The number of nitrogen functional groups attached to an aromatic ring is 1. The van der Waals surface area contributed by atoms with Crippen molar-refractivity contribution >= 4 is 28.2 Å². The van der Waals surface area contributed by atoms with Crippen molar-refractivity contribution in [1.82, 2.24) is 20.2 Å². The first kappa shape index (κ1) is 17.4. The molecule has 4 rings (SSSR count). The number of benzene rings is 1. The molecule has 7 nitrogen and oxygen atoms in total. The average Bonchev–Trinajstić information content (AvgIpc) is 2.70. The van der Waals surface area contributed by atoms with Crippen molar-refractivity contribution in [2.45, 2.75) is 13.3 Å². The summed E-state index contributed by atoms with van der Waals surface area (Å²) in [4.78, 5) is 8.52. The van der Waals surface area contributed by atoms with Crippen LogP contribution in [0.5, 0.6) is 0 Å². The van der Waals surface area contributed by atoms with Crippen molar-refractivity contribution in [2.24, 2.45) is 0 Å². The molecule has 7 heteroatoms. The van der Waals surface area contributed by atoms with E-state index in [4.69, 9.17) is 11.0 Å². The smallest absolute Gasteiger partial charge is 0.154 e. The SMILES string of the molecule is Cc1ccncc1-c1cc(N)c2nnc(Nc3ccc(CC#N)cn3)cc2c1. The quantitative estimate of drug-likeness (QED) is 0.528. The number of fused-ring (bicyclic) bond motifs is 1. The number of nitrogens with zero attached hydrogens (tertiary/aromatic N) is 5. The maximum Gasteiger partial charge on any atom is 0.154 e. The summed E-state index contributed by atoms with van der Waals surface area (Å²) in [6, 6.07) is 13.5. The Morgan fingerprint density at radius 2 is 1.96 bits per heavy atom. The van der Waals surface area contributed by atoms with E-state index in [9.17, 15) is 0 Å². The molecule has 0 aliphatic carbocycles. The molecule has 4 aromatic rings. The van der Waals surface area contributed by atoms with Crippen LogP contribution in [0.2, 0.25) is 0 Å². The minimum atomic E-state index is 0.332. The highest BCUT2D eigenvalue weighted by molar-refractivity contribution is 5.95. The van der Waals surface area contributed by atoms with Gasteiger partial charge in [0.05, 0.1) is 18.2 Å². The Bertz CT molecular complexity index is 1190. The van der Waals surface area contributed by atoms with Crippen LogP contribution in [0.4, 0.5) is 17.3 Å². The lowest BCUT2D eigenvalue weighted by molar-refractivity contribution is 1.07. The summed E-state index contributed by atoms with van der Waals surface area (Å²) >= 11 is 0. The molecule has 0 bridgehead atoms. The first-order chi connectivity index (χ1) is 13.6. The summed E-state index contributed by atoms with van der Waals surface area (Å²) < 4.78 is 0. The second-order valence-electron chi connectivity index (χ2n) is 6.44. The Hall–Kier alpha value is -4.05. The van der Waals surface area contributed by atoms with Crippen LogP contribution in [0, 0.1) is 18.3 Å². The van der Waals surface area contributed by atoms with Gasteiger partial charge in [-0.25, -0.2) is 4.98 Å². The molecule has 3 N–H and O–H groups in total. The van der Waals surface area contributed by atoms with Crippen molar-refractivity contribution in [2.75, 3.05) is 11.1 Å². The third-order valence-electron chi connectivity index (χ3n) is 4.43. The van der Waals surface area contributed by atoms with Crippen molar-refractivity contribution < 1.29 is 0 Å². The highest BCUT2D eigenvalue weighted by atomic mass is 15.2. The van der Waals surface area contributed by atoms with Gasteiger partial charge < -0.3 is 11.1 Å². The standard InChI is InChI=1S/C21H17N7/c1-13-5-7-24-12-17(13)15-8-16-10-20(27-28-21(16)18(23)9-15)26-19-3-2-14(4-6-22)11-25-19/h2-3,5,7-12H,4,23H2,1H3,(H,25,26,27). The lowest BCUT2D eigenvalue weighted by Crippen LogP contribution is -2.00. The number of rotatable bonds is 4. The van der Waals surface area contributed by atoms with E-state index in [1.165, 1.54) is 0 Å². The van der Waals surface area contributed by atoms with Gasteiger partial charge >= 0.3 is 0 Å². The Balaban J connectivity index is 1.70. The van der Waals surface area contributed by atoms with Crippen molar-refractivity contribution in [3.8, 4) is 17.2 Å². The normalized spacial score (nSPS) is 10.6. The molecule has 0 unspecified atom stereocenters. The third-order valence-corrected chi connectivity index (χ3v) is 4.43. The van der Waals surface area contributed by atoms with Crippen LogP contribution in [0.15, 0.2) is 55.0 Å². The van der Waals surface area contributed by atoms with E-state index < -0.39 is 0 Å². The highest BCUT2D eigenvalue weighted by Crippen LogP contribution is 2.30. The van der Waals surface area contributed by atoms with Crippen LogP contribution in [-0.2, 0) is 6.42 Å². The van der Waals surface area contributed by atoms with E-state index in [1.807, 2.05) is 49.5 Å². The Morgan fingerprint density at radius 3 is 2.71 bits per heavy atom. The lowest BCUT2D eigenvalue weighted by atomic mass is 10.0. The van der Waals surface area contributed by atoms with Gasteiger partial charge in [0.2, 0.25) is 0 Å². The van der Waals surface area contributed by atoms with E-state index in [0.717, 1.165) is 27.6 Å². The lowest BCUT2D eigenvalue weighted by Gasteiger charge is -2.10. The van der Waals surface area contributed by atoms with Crippen LogP contribution in [0.3, 0.4) is 0 Å². The third kappa shape index (κ3) is 3.44. The first-order valence-corrected chi connectivity index (χ1v) is 8.71. The maximum atomic E-state index is 8.74. The summed E-state index contributed by atoms with van der Waals surface area (Å²) in [6.45, 7) is 2.04.